The molecule has 0 nitrogen and oxygen atoms in total. The van der Waals surface area contributed by atoms with Gasteiger partial charge in [-0.15, -0.1) is 0 Å². The van der Waals surface area contributed by atoms with Crippen LogP contribution in [-0.2, 0) is 4.43 Å². The highest BCUT2D eigenvalue weighted by atomic mass is 127. The topological polar surface area (TPSA) is 0 Å². The SMILES string of the molecule is [IH+]Cc1ccccc1. The molecule has 0 saturated carbocycles. The molecule has 0 amide bonds. The molecule has 0 aliphatic heterocycles. The summed E-state index contributed by atoms with van der Waals surface area (Å²) < 4.78 is 1.15. The predicted molar refractivity (Wildman–Crippen MR) is 31.5 cm³/mol. The molecular weight excluding hydrogens is 211 g/mol. The molecule has 0 fully saturated rings. The fourth-order valence-electron chi connectivity index (χ4n) is 0.574. The van der Waals surface area contributed by atoms with E-state index in [4.69, 9.17) is 0 Å². The van der Waals surface area contributed by atoms with Crippen LogP contribution >= 0.6 is 0 Å². The molecule has 0 radical (unpaired) electrons. The summed E-state index contributed by atoms with van der Waals surface area (Å²) in [7, 11) is 0. The van der Waals surface area contributed by atoms with Gasteiger partial charge in [-0.05, 0) is 5.56 Å². The summed E-state index contributed by atoms with van der Waals surface area (Å²) in [5, 5.41) is 0. The first-order chi connectivity index (χ1) is 3.93. The van der Waals surface area contributed by atoms with Gasteiger partial charge in [0.05, 0.1) is 0 Å². The summed E-state index contributed by atoms with van der Waals surface area (Å²) >= 11 is 2.10. The Balaban J connectivity index is 2.83. The first kappa shape index (κ1) is 6.08. The highest BCUT2D eigenvalue weighted by Crippen LogP contribution is 1.92. The van der Waals surface area contributed by atoms with E-state index in [0.29, 0.717) is 0 Å². The zero-order valence-corrected chi connectivity index (χ0v) is 6.83. The molecular formula is C7H8I+. The monoisotopic (exact) mass is 219 g/mol. The van der Waals surface area contributed by atoms with Crippen LogP contribution in [0.3, 0.4) is 0 Å². The van der Waals surface area contributed by atoms with Crippen molar-refractivity contribution in [2.75, 3.05) is 0 Å². The Bertz CT molecular complexity index is 146. The van der Waals surface area contributed by atoms with Gasteiger partial charge in [0.15, 0.2) is 4.43 Å². The van der Waals surface area contributed by atoms with Crippen molar-refractivity contribution >= 4 is 0 Å². The highest BCUT2D eigenvalue weighted by Gasteiger charge is 1.88. The molecule has 0 unspecified atom stereocenters. The normalized spacial score (nSPS) is 9.12. The predicted octanol–water partition coefficient (Wildman–Crippen LogP) is -1.53. The van der Waals surface area contributed by atoms with Crippen LogP contribution in [0.15, 0.2) is 30.3 Å². The van der Waals surface area contributed by atoms with E-state index in [1.54, 1.807) is 0 Å². The number of halogens is 1. The molecule has 1 heteroatoms. The first-order valence-electron chi connectivity index (χ1n) is 2.55. The average molecular weight is 219 g/mol. The second kappa shape index (κ2) is 3.07. The quantitative estimate of drug-likeness (QED) is 0.397. The zero-order chi connectivity index (χ0) is 5.82. The van der Waals surface area contributed by atoms with Gasteiger partial charge in [0.1, 0.15) is 0 Å². The van der Waals surface area contributed by atoms with Crippen molar-refractivity contribution in [1.82, 2.24) is 0 Å². The summed E-state index contributed by atoms with van der Waals surface area (Å²) in [6, 6.07) is 10.5. The molecule has 0 spiro atoms. The van der Waals surface area contributed by atoms with Gasteiger partial charge in [-0.2, -0.15) is 0 Å². The van der Waals surface area contributed by atoms with Crippen molar-refractivity contribution in [3.63, 3.8) is 0 Å². The Hall–Kier alpha value is -0.0500. The number of rotatable bonds is 1. The number of hydrogen-bond acceptors (Lipinski definition) is 0. The van der Waals surface area contributed by atoms with Crippen LogP contribution in [0.5, 0.6) is 0 Å². The lowest BCUT2D eigenvalue weighted by Gasteiger charge is -1.84. The molecule has 42 valence electrons. The maximum atomic E-state index is 2.14. The molecule has 1 aromatic carbocycles. The third-order valence-electron chi connectivity index (χ3n) is 1.01. The van der Waals surface area contributed by atoms with Gasteiger partial charge in [0.2, 0.25) is 0 Å². The number of benzene rings is 1. The minimum atomic E-state index is 1.15. The van der Waals surface area contributed by atoms with Gasteiger partial charge in [0.25, 0.3) is 22.6 Å². The molecule has 0 N–H and O–H groups in total. The minimum Gasteiger partial charge on any atom is -0.0622 e. The van der Waals surface area contributed by atoms with Crippen molar-refractivity contribution in [1.29, 1.82) is 0 Å². The zero-order valence-electron chi connectivity index (χ0n) is 4.50. The van der Waals surface area contributed by atoms with E-state index in [1.807, 2.05) is 6.07 Å². The molecule has 0 aromatic heterocycles. The Kier molecular flexibility index (Phi) is 2.33. The first-order valence-corrected chi connectivity index (χ1v) is 4.20. The van der Waals surface area contributed by atoms with Gasteiger partial charge >= 0.3 is 0 Å². The number of hydrogen-bond donors (Lipinski definition) is 0. The molecule has 0 saturated heterocycles. The van der Waals surface area contributed by atoms with E-state index >= 15 is 0 Å². The second-order valence-corrected chi connectivity index (χ2v) is 2.45. The van der Waals surface area contributed by atoms with E-state index < -0.39 is 0 Å². The van der Waals surface area contributed by atoms with Gasteiger partial charge < -0.3 is 0 Å². The van der Waals surface area contributed by atoms with Gasteiger partial charge in [-0.3, -0.25) is 0 Å². The van der Waals surface area contributed by atoms with Crippen LogP contribution < -0.4 is 22.6 Å². The summed E-state index contributed by atoms with van der Waals surface area (Å²) in [5.74, 6) is 0. The molecule has 0 bridgehead atoms. The molecule has 8 heavy (non-hydrogen) atoms. The summed E-state index contributed by atoms with van der Waals surface area (Å²) in [6.45, 7) is 0. The van der Waals surface area contributed by atoms with Crippen molar-refractivity contribution < 1.29 is 22.6 Å². The van der Waals surface area contributed by atoms with Gasteiger partial charge in [0, 0.05) is 0 Å². The average Bonchev–Trinajstić information content (AvgIpc) is 1.90. The number of alkyl halides is 1. The Morgan fingerprint density at radius 2 is 1.75 bits per heavy atom. The maximum Gasteiger partial charge on any atom is 0.257 e. The third-order valence-corrected chi connectivity index (χ3v) is 1.96. The van der Waals surface area contributed by atoms with E-state index in [1.165, 1.54) is 5.56 Å². The molecule has 0 aliphatic carbocycles. The lowest BCUT2D eigenvalue weighted by molar-refractivity contribution is -0.386. The largest absolute Gasteiger partial charge is 0.257 e. The van der Waals surface area contributed by atoms with Crippen LogP contribution in [0.1, 0.15) is 5.56 Å². The molecule has 1 rings (SSSR count). The summed E-state index contributed by atoms with van der Waals surface area (Å²) in [6.07, 6.45) is 0. The van der Waals surface area contributed by atoms with Crippen LogP contribution in [0.2, 0.25) is 0 Å². The maximum absolute atomic E-state index is 2.14. The highest BCUT2D eigenvalue weighted by molar-refractivity contribution is 5.12. The Morgan fingerprint density at radius 1 is 1.12 bits per heavy atom. The Labute approximate surface area is 63.1 Å². The minimum absolute atomic E-state index is 1.15. The summed E-state index contributed by atoms with van der Waals surface area (Å²) in [4.78, 5) is 0. The van der Waals surface area contributed by atoms with Gasteiger partial charge in [-0.1, -0.05) is 30.3 Å². The standard InChI is InChI=1S/C7H8I/c8-6-7-4-2-1-3-5-7/h1-5,8H,6H2/q+1. The molecule has 1 aromatic rings. The van der Waals surface area contributed by atoms with E-state index in [9.17, 15) is 0 Å². The molecule has 0 aliphatic rings. The summed E-state index contributed by atoms with van der Waals surface area (Å²) in [5.41, 5.74) is 1.41. The lowest BCUT2D eigenvalue weighted by atomic mass is 10.2. The van der Waals surface area contributed by atoms with Crippen LogP contribution in [-0.4, -0.2) is 0 Å². The van der Waals surface area contributed by atoms with E-state index in [2.05, 4.69) is 46.9 Å². The van der Waals surface area contributed by atoms with E-state index in [0.717, 1.165) is 4.43 Å². The van der Waals surface area contributed by atoms with Gasteiger partial charge in [-0.25, -0.2) is 0 Å². The van der Waals surface area contributed by atoms with Crippen LogP contribution in [0.25, 0.3) is 0 Å². The third kappa shape index (κ3) is 1.47. The fourth-order valence-corrected chi connectivity index (χ4v) is 1.12. The molecule has 0 heterocycles. The molecule has 0 atom stereocenters. The van der Waals surface area contributed by atoms with Crippen molar-refractivity contribution in [3.8, 4) is 0 Å². The lowest BCUT2D eigenvalue weighted by Crippen LogP contribution is -3.33. The van der Waals surface area contributed by atoms with Crippen molar-refractivity contribution in [3.05, 3.63) is 35.9 Å². The van der Waals surface area contributed by atoms with Crippen LogP contribution in [0, 0.1) is 0 Å². The van der Waals surface area contributed by atoms with E-state index in [-0.39, 0.29) is 0 Å². The smallest absolute Gasteiger partial charge is 0.0622 e. The van der Waals surface area contributed by atoms with Crippen molar-refractivity contribution in [2.45, 2.75) is 4.43 Å². The fraction of sp³-hybridized carbons (Fsp3) is 0.143. The van der Waals surface area contributed by atoms with Crippen molar-refractivity contribution in [2.24, 2.45) is 0 Å². The second-order valence-electron chi connectivity index (χ2n) is 1.63. The van der Waals surface area contributed by atoms with Crippen LogP contribution in [0.4, 0.5) is 0 Å². The Morgan fingerprint density at radius 3 is 2.12 bits per heavy atom.